The lowest BCUT2D eigenvalue weighted by molar-refractivity contribution is 0.171. The number of imidazole rings is 1. The molecule has 7 nitrogen and oxygen atoms in total. The summed E-state index contributed by atoms with van der Waals surface area (Å²) in [5, 5.41) is 2.99. The summed E-state index contributed by atoms with van der Waals surface area (Å²) < 4.78 is 13.5. The van der Waals surface area contributed by atoms with Gasteiger partial charge in [0.1, 0.15) is 19.0 Å². The van der Waals surface area contributed by atoms with Crippen LogP contribution in [0.25, 0.3) is 0 Å². The zero-order valence-corrected chi connectivity index (χ0v) is 16.2. The lowest BCUT2D eigenvalue weighted by atomic mass is 10.0. The monoisotopic (exact) mass is 382 g/mol. The van der Waals surface area contributed by atoms with Crippen molar-refractivity contribution in [1.29, 1.82) is 0 Å². The number of benzene rings is 1. The van der Waals surface area contributed by atoms with Crippen LogP contribution in [0.1, 0.15) is 36.8 Å². The van der Waals surface area contributed by atoms with E-state index < -0.39 is 0 Å². The summed E-state index contributed by atoms with van der Waals surface area (Å²) in [6.07, 6.45) is 6.47. The molecular weight excluding hydrogens is 356 g/mol. The Morgan fingerprint density at radius 1 is 1.21 bits per heavy atom. The van der Waals surface area contributed by atoms with Crippen LogP contribution in [0.15, 0.2) is 24.4 Å². The fourth-order valence-corrected chi connectivity index (χ4v) is 4.24. The van der Waals surface area contributed by atoms with Crippen molar-refractivity contribution in [2.45, 2.75) is 38.6 Å². The third-order valence-corrected chi connectivity index (χ3v) is 5.81. The van der Waals surface area contributed by atoms with Crippen molar-refractivity contribution in [3.63, 3.8) is 0 Å². The summed E-state index contributed by atoms with van der Waals surface area (Å²) >= 11 is 0. The van der Waals surface area contributed by atoms with Gasteiger partial charge in [-0.15, -0.1) is 0 Å². The lowest BCUT2D eigenvalue weighted by Crippen LogP contribution is -2.33. The molecule has 2 amide bonds. The molecule has 0 spiro atoms. The minimum Gasteiger partial charge on any atom is -0.486 e. The van der Waals surface area contributed by atoms with Crippen molar-refractivity contribution in [2.75, 3.05) is 31.6 Å². The predicted octanol–water partition coefficient (Wildman–Crippen LogP) is 3.39. The maximum absolute atomic E-state index is 12.7. The first-order valence-electron chi connectivity index (χ1n) is 10.2. The van der Waals surface area contributed by atoms with Gasteiger partial charge in [-0.2, -0.15) is 0 Å². The molecule has 3 heterocycles. The first kappa shape index (κ1) is 17.4. The number of carbonyl (C=O) groups excluding carboxylic acids is 1. The molecular formula is C21H26N4O3. The van der Waals surface area contributed by atoms with Crippen LogP contribution in [0, 0.1) is 12.8 Å². The maximum Gasteiger partial charge on any atom is 0.321 e. The number of urea groups is 1. The van der Waals surface area contributed by atoms with E-state index in [1.165, 1.54) is 24.4 Å². The number of amides is 2. The fourth-order valence-electron chi connectivity index (χ4n) is 4.24. The summed E-state index contributed by atoms with van der Waals surface area (Å²) in [4.78, 5) is 19.2. The highest BCUT2D eigenvalue weighted by Gasteiger charge is 2.31. The molecule has 28 heavy (non-hydrogen) atoms. The Morgan fingerprint density at radius 3 is 2.86 bits per heavy atom. The Bertz CT molecular complexity index is 890. The first-order valence-corrected chi connectivity index (χ1v) is 10.2. The molecule has 7 heteroatoms. The third kappa shape index (κ3) is 3.41. The Hall–Kier alpha value is -2.70. The topological polar surface area (TPSA) is 68.6 Å². The molecule has 3 aliphatic rings. The zero-order valence-electron chi connectivity index (χ0n) is 16.2. The average Bonchev–Trinajstić information content (AvgIpc) is 3.31. The van der Waals surface area contributed by atoms with Crippen LogP contribution in [0.4, 0.5) is 10.5 Å². The number of fused-ring (bicyclic) bond motifs is 1. The second-order valence-corrected chi connectivity index (χ2v) is 8.01. The van der Waals surface area contributed by atoms with Gasteiger partial charge in [-0.25, -0.2) is 9.78 Å². The molecule has 1 saturated heterocycles. The number of nitrogens with zero attached hydrogens (tertiary/aromatic N) is 3. The largest absolute Gasteiger partial charge is 0.486 e. The number of carbonyl (C=O) groups is 1. The minimum absolute atomic E-state index is 0.0547. The van der Waals surface area contributed by atoms with E-state index in [2.05, 4.69) is 21.8 Å². The molecule has 1 atom stereocenters. The van der Waals surface area contributed by atoms with Crippen molar-refractivity contribution in [3.05, 3.63) is 35.9 Å². The SMILES string of the molecule is Cc1cnc(CC2CCN(C(=O)Nc3ccc4c(c3)OCCO4)C2)n1C1CC1. The van der Waals surface area contributed by atoms with Gasteiger partial charge in [-0.1, -0.05) is 0 Å². The van der Waals surface area contributed by atoms with Crippen LogP contribution in [-0.4, -0.2) is 46.8 Å². The smallest absolute Gasteiger partial charge is 0.321 e. The highest BCUT2D eigenvalue weighted by Crippen LogP contribution is 2.38. The Balaban J connectivity index is 1.20. The van der Waals surface area contributed by atoms with Gasteiger partial charge < -0.3 is 24.3 Å². The van der Waals surface area contributed by atoms with E-state index in [0.717, 1.165) is 37.4 Å². The standard InChI is InChI=1S/C21H26N4O3/c1-14-12-22-20(25(14)17-3-4-17)10-15-6-7-24(13-15)21(26)23-16-2-5-18-19(11-16)28-9-8-27-18/h2,5,11-12,15,17H,3-4,6-10,13H2,1H3,(H,23,26). The number of hydrogen-bond donors (Lipinski definition) is 1. The van der Waals surface area contributed by atoms with E-state index in [-0.39, 0.29) is 6.03 Å². The second-order valence-electron chi connectivity index (χ2n) is 8.01. The average molecular weight is 382 g/mol. The zero-order chi connectivity index (χ0) is 19.1. The van der Waals surface area contributed by atoms with Crippen molar-refractivity contribution in [1.82, 2.24) is 14.5 Å². The maximum atomic E-state index is 12.7. The van der Waals surface area contributed by atoms with Gasteiger partial charge in [-0.05, 0) is 44.2 Å². The van der Waals surface area contributed by atoms with Gasteiger partial charge in [-0.3, -0.25) is 0 Å². The molecule has 2 aromatic rings. The number of anilines is 1. The van der Waals surface area contributed by atoms with E-state index in [4.69, 9.17) is 9.47 Å². The van der Waals surface area contributed by atoms with Crippen molar-refractivity contribution < 1.29 is 14.3 Å². The number of ether oxygens (including phenoxy) is 2. The Kier molecular flexibility index (Phi) is 4.37. The van der Waals surface area contributed by atoms with Gasteiger partial charge in [0.05, 0.1) is 0 Å². The number of hydrogen-bond acceptors (Lipinski definition) is 4. The second kappa shape index (κ2) is 7.04. The minimum atomic E-state index is -0.0547. The Labute approximate surface area is 164 Å². The van der Waals surface area contributed by atoms with Crippen LogP contribution >= 0.6 is 0 Å². The quantitative estimate of drug-likeness (QED) is 0.880. The van der Waals surface area contributed by atoms with Crippen LogP contribution in [0.2, 0.25) is 0 Å². The van der Waals surface area contributed by atoms with E-state index in [0.29, 0.717) is 30.9 Å². The van der Waals surface area contributed by atoms with Crippen LogP contribution in [0.3, 0.4) is 0 Å². The fraction of sp³-hybridized carbons (Fsp3) is 0.524. The molecule has 148 valence electrons. The molecule has 1 unspecified atom stereocenters. The third-order valence-electron chi connectivity index (χ3n) is 5.81. The van der Waals surface area contributed by atoms with E-state index in [9.17, 15) is 4.79 Å². The summed E-state index contributed by atoms with van der Waals surface area (Å²) in [5.41, 5.74) is 1.99. The van der Waals surface area contributed by atoms with Gasteiger partial charge >= 0.3 is 6.03 Å². The van der Waals surface area contributed by atoms with E-state index >= 15 is 0 Å². The van der Waals surface area contributed by atoms with E-state index in [1.54, 1.807) is 0 Å². The molecule has 1 aromatic heterocycles. The van der Waals surface area contributed by atoms with Gasteiger partial charge in [0.2, 0.25) is 0 Å². The molecule has 1 saturated carbocycles. The summed E-state index contributed by atoms with van der Waals surface area (Å²) in [5.74, 6) is 3.06. The van der Waals surface area contributed by atoms with Crippen molar-refractivity contribution >= 4 is 11.7 Å². The molecule has 0 radical (unpaired) electrons. The molecule has 0 bridgehead atoms. The number of aryl methyl sites for hydroxylation is 1. The van der Waals surface area contributed by atoms with Gasteiger partial charge in [0.25, 0.3) is 0 Å². The highest BCUT2D eigenvalue weighted by molar-refractivity contribution is 5.90. The van der Waals surface area contributed by atoms with Crippen molar-refractivity contribution in [2.24, 2.45) is 5.92 Å². The summed E-state index contributed by atoms with van der Waals surface area (Å²) in [6, 6.07) is 6.12. The van der Waals surface area contributed by atoms with Crippen LogP contribution in [-0.2, 0) is 6.42 Å². The van der Waals surface area contributed by atoms with Gasteiger partial charge in [0, 0.05) is 49.2 Å². The highest BCUT2D eigenvalue weighted by atomic mass is 16.6. The van der Waals surface area contributed by atoms with Crippen LogP contribution in [0.5, 0.6) is 11.5 Å². The first-order chi connectivity index (χ1) is 13.7. The number of nitrogens with one attached hydrogen (secondary N) is 1. The predicted molar refractivity (Wildman–Crippen MR) is 105 cm³/mol. The molecule has 1 aromatic carbocycles. The molecule has 2 aliphatic heterocycles. The van der Waals surface area contributed by atoms with Crippen LogP contribution < -0.4 is 14.8 Å². The van der Waals surface area contributed by atoms with Crippen molar-refractivity contribution in [3.8, 4) is 11.5 Å². The summed E-state index contributed by atoms with van der Waals surface area (Å²) in [7, 11) is 0. The van der Waals surface area contributed by atoms with E-state index in [1.807, 2.05) is 29.3 Å². The lowest BCUT2D eigenvalue weighted by Gasteiger charge is -2.21. The Morgan fingerprint density at radius 2 is 2.04 bits per heavy atom. The molecule has 1 aliphatic carbocycles. The molecule has 2 fully saturated rings. The van der Waals surface area contributed by atoms with Gasteiger partial charge in [0.15, 0.2) is 11.5 Å². The molecule has 5 rings (SSSR count). The normalized spacial score (nSPS) is 21.0. The number of rotatable bonds is 4. The number of likely N-dealkylation sites (tertiary alicyclic amines) is 1. The summed E-state index contributed by atoms with van der Waals surface area (Å²) in [6.45, 7) is 4.79. The number of aromatic nitrogens is 2. The molecule has 1 N–H and O–H groups in total.